The Morgan fingerprint density at radius 1 is 0.473 bits per heavy atom. The number of anilines is 5. The average Bonchev–Trinajstić information content (AvgIpc) is 1.24. The Kier molecular flexibility index (Phi) is 32.3. The number of nitrogens with zero attached hydrogens (tertiary/aromatic N) is 5. The first-order chi connectivity index (χ1) is 52.3. The van der Waals surface area contributed by atoms with Crippen molar-refractivity contribution in [3.63, 3.8) is 0 Å². The SMILES string of the molecule is CC(C)(C)OC(=O)n1cccc1B(O)O.COc1ccc(C(=O)Cl)cc1.COc1ccc(C(=O)Nc2cc(-c3ccc[nH]3)ccc2N)cc1.COc1ccc(C(=O)Nc2cc(-c3ccc[nH]3)ccc2[N+](=O)[O-])cc1.Nc1cc(-c2ccc[nH]2)ccc1[N+](=O)[O-].Nc1cc(Br)ccc1[N+](=O)[O-].O=[N+]([O-])c1ccc(Br)cc1. The standard InChI is InChI=1S/C18H15N3O4.C18H17N3O2.C10H9N3O2.C9H14BNO4.C8H7ClO2.C6H5BrN2O2.C6H4BrNO2/c1-25-14-7-4-12(5-8-14)18(22)20-16-11-13(15-3-2-10-19-15)6-9-17(16)21(23)24;1-23-14-7-4-12(5-8-14)18(22)21-17-11-13(6-9-15(17)19)16-3-2-10-20-16;11-8-6-7(9-2-1-5-12-9)3-4-10(8)13(14)15;1-9(2,3)15-8(12)11-6-4-5-7(11)10(13)14;1-11-7-4-2-6(3-5-7)8(9)10;7-4-1-2-6(9(10)11)5(8)3-4;7-5-1-3-6(4-2-5)8(9)10/h2-11,19H,1H3,(H,20,22);2-11,20H,19H2,1H3,(H,21,22);1-6,12H,11H2;4-6,13-14H,1-3H3;2-5H,1H3;1-3H,8H2;1-4H. The summed E-state index contributed by atoms with van der Waals surface area (Å²) in [6, 6.07) is 59.6. The van der Waals surface area contributed by atoms with Crippen molar-refractivity contribution in [3.05, 3.63) is 309 Å². The third-order valence-electron chi connectivity index (χ3n) is 14.6. The molecule has 31 nitrogen and oxygen atoms in total. The van der Waals surface area contributed by atoms with Gasteiger partial charge < -0.3 is 71.8 Å². The number of methoxy groups -OCH3 is 3. The molecular formula is C75H71BBr2ClN13O18. The van der Waals surface area contributed by atoms with Gasteiger partial charge in [-0.25, -0.2) is 4.79 Å². The monoisotopic (exact) mass is 1650 g/mol. The third-order valence-corrected chi connectivity index (χ3v) is 15.8. The molecule has 0 radical (unpaired) electrons. The molecule has 0 saturated heterocycles. The second-order valence-electron chi connectivity index (χ2n) is 23.3. The number of benzene rings is 8. The smallest absolute Gasteiger partial charge is 0.497 e. The number of H-pyrrole nitrogens is 3. The van der Waals surface area contributed by atoms with Crippen LogP contribution in [-0.4, -0.2) is 106 Å². The van der Waals surface area contributed by atoms with Crippen molar-refractivity contribution in [3.8, 4) is 51.0 Å². The minimum absolute atomic E-state index is 0.0619. The fourth-order valence-corrected chi connectivity index (χ4v) is 9.91. The van der Waals surface area contributed by atoms with Gasteiger partial charge in [0, 0.05) is 115 Å². The molecule has 568 valence electrons. The van der Waals surface area contributed by atoms with E-state index in [2.05, 4.69) is 57.4 Å². The van der Waals surface area contributed by atoms with Crippen LogP contribution in [0, 0.1) is 40.5 Å². The van der Waals surface area contributed by atoms with Crippen LogP contribution in [0.15, 0.2) is 252 Å². The van der Waals surface area contributed by atoms with Gasteiger partial charge in [-0.1, -0.05) is 37.9 Å². The van der Waals surface area contributed by atoms with E-state index in [0.29, 0.717) is 45.3 Å². The maximum absolute atomic E-state index is 12.4. The largest absolute Gasteiger partial charge is 0.506 e. The van der Waals surface area contributed by atoms with E-state index in [1.54, 1.807) is 175 Å². The van der Waals surface area contributed by atoms with Gasteiger partial charge >= 0.3 is 13.2 Å². The van der Waals surface area contributed by atoms with E-state index in [9.17, 15) is 59.6 Å². The predicted octanol–water partition coefficient (Wildman–Crippen LogP) is 15.9. The number of carbonyl (C=O) groups excluding carboxylic acids is 4. The van der Waals surface area contributed by atoms with Crippen LogP contribution in [0.4, 0.5) is 56.0 Å². The van der Waals surface area contributed by atoms with Gasteiger partial charge in [0.25, 0.3) is 39.8 Å². The summed E-state index contributed by atoms with van der Waals surface area (Å²) in [7, 11) is 3.00. The average molecular weight is 1650 g/mol. The summed E-state index contributed by atoms with van der Waals surface area (Å²) in [6.07, 6.45) is 6.18. The number of nitrogen functional groups attached to an aromatic ring is 3. The minimum Gasteiger partial charge on any atom is -0.497 e. The van der Waals surface area contributed by atoms with E-state index in [0.717, 1.165) is 47.3 Å². The molecular weight excluding hydrogens is 1580 g/mol. The highest BCUT2D eigenvalue weighted by atomic mass is 79.9. The molecule has 4 aromatic heterocycles. The molecule has 0 spiro atoms. The van der Waals surface area contributed by atoms with Crippen molar-refractivity contribution in [1.82, 2.24) is 19.5 Å². The summed E-state index contributed by atoms with van der Waals surface area (Å²) >= 11 is 11.5. The summed E-state index contributed by atoms with van der Waals surface area (Å²) in [6.45, 7) is 5.22. The molecule has 12 rings (SSSR count). The van der Waals surface area contributed by atoms with Crippen LogP contribution in [0.25, 0.3) is 33.8 Å². The van der Waals surface area contributed by atoms with Crippen LogP contribution in [0.5, 0.6) is 17.2 Å². The van der Waals surface area contributed by atoms with Gasteiger partial charge in [0.1, 0.15) is 39.9 Å². The fraction of sp³-hybridized carbons (Fsp3) is 0.0933. The van der Waals surface area contributed by atoms with Crippen molar-refractivity contribution >= 4 is 131 Å². The zero-order chi connectivity index (χ0) is 80.8. The molecule has 0 unspecified atom stereocenters. The third kappa shape index (κ3) is 26.6. The fourth-order valence-electron chi connectivity index (χ4n) is 9.15. The normalized spacial score (nSPS) is 10.1. The molecule has 110 heavy (non-hydrogen) atoms. The van der Waals surface area contributed by atoms with Crippen LogP contribution in [0.3, 0.4) is 0 Å². The van der Waals surface area contributed by atoms with Crippen LogP contribution in [0.1, 0.15) is 51.8 Å². The second kappa shape index (κ2) is 41.5. The van der Waals surface area contributed by atoms with E-state index in [4.69, 9.17) is 57.8 Å². The number of carbonyl (C=O) groups is 4. The second-order valence-corrected chi connectivity index (χ2v) is 25.5. The quantitative estimate of drug-likeness (QED) is 0.0141. The zero-order valence-corrected chi connectivity index (χ0v) is 63.1. The number of halogens is 3. The lowest BCUT2D eigenvalue weighted by Crippen LogP contribution is -2.40. The molecule has 8 aromatic carbocycles. The van der Waals surface area contributed by atoms with Crippen LogP contribution >= 0.6 is 43.5 Å². The van der Waals surface area contributed by atoms with E-state index < -0.39 is 49.7 Å². The van der Waals surface area contributed by atoms with Crippen molar-refractivity contribution in [2.24, 2.45) is 0 Å². The van der Waals surface area contributed by atoms with Crippen LogP contribution < -0.4 is 47.6 Å². The Bertz CT molecular complexity index is 5070. The van der Waals surface area contributed by atoms with Crippen molar-refractivity contribution in [1.29, 1.82) is 0 Å². The number of amides is 2. The number of nitro benzene ring substituents is 4. The molecule has 0 atom stereocenters. The number of aromatic nitrogens is 4. The molecule has 0 aliphatic heterocycles. The van der Waals surface area contributed by atoms with Crippen molar-refractivity contribution in [2.75, 3.05) is 49.2 Å². The van der Waals surface area contributed by atoms with Gasteiger partial charge in [0.15, 0.2) is 0 Å². The van der Waals surface area contributed by atoms with Gasteiger partial charge in [0.05, 0.1) is 58.0 Å². The predicted molar refractivity (Wildman–Crippen MR) is 428 cm³/mol. The summed E-state index contributed by atoms with van der Waals surface area (Å²) < 4.78 is 22.8. The van der Waals surface area contributed by atoms with Gasteiger partial charge in [-0.05, 0) is 214 Å². The highest BCUT2D eigenvalue weighted by molar-refractivity contribution is 9.10. The van der Waals surface area contributed by atoms with Crippen molar-refractivity contribution in [2.45, 2.75) is 26.4 Å². The number of hydrogen-bond acceptors (Lipinski definition) is 21. The van der Waals surface area contributed by atoms with Gasteiger partial charge in [0.2, 0.25) is 0 Å². The Labute approximate surface area is 650 Å². The Balaban J connectivity index is 0.000000206. The maximum atomic E-state index is 12.4. The van der Waals surface area contributed by atoms with E-state index in [-0.39, 0.29) is 51.3 Å². The summed E-state index contributed by atoms with van der Waals surface area (Å²) in [5.74, 6) is 1.38. The molecule has 12 aromatic rings. The summed E-state index contributed by atoms with van der Waals surface area (Å²) in [5, 5.41) is 65.1. The molecule has 35 heteroatoms. The molecule has 0 saturated carbocycles. The van der Waals surface area contributed by atoms with E-state index in [1.807, 2.05) is 54.7 Å². The van der Waals surface area contributed by atoms with Crippen molar-refractivity contribution < 1.29 is 67.9 Å². The number of rotatable bonds is 16. The van der Waals surface area contributed by atoms with Crippen LogP contribution in [-0.2, 0) is 4.74 Å². The van der Waals surface area contributed by atoms with Crippen LogP contribution in [0.2, 0.25) is 0 Å². The number of aromatic amines is 3. The lowest BCUT2D eigenvalue weighted by atomic mass is 9.86. The summed E-state index contributed by atoms with van der Waals surface area (Å²) in [4.78, 5) is 96.2. The molecule has 2 amide bonds. The lowest BCUT2D eigenvalue weighted by molar-refractivity contribution is -0.384. The maximum Gasteiger partial charge on any atom is 0.506 e. The first kappa shape index (κ1) is 85.5. The number of nitrogens with one attached hydrogen (secondary N) is 5. The summed E-state index contributed by atoms with van der Waals surface area (Å²) in [5.41, 5.74) is 24.3. The first-order valence-corrected chi connectivity index (χ1v) is 34.0. The Hall–Kier alpha value is -13.4. The van der Waals surface area contributed by atoms with E-state index in [1.165, 1.54) is 55.8 Å². The molecule has 0 bridgehead atoms. The van der Waals surface area contributed by atoms with Gasteiger partial charge in [-0.2, -0.15) is 0 Å². The molecule has 0 aliphatic rings. The Morgan fingerprint density at radius 2 is 0.864 bits per heavy atom. The lowest BCUT2D eigenvalue weighted by Gasteiger charge is -2.20. The number of ether oxygens (including phenoxy) is 4. The van der Waals surface area contributed by atoms with E-state index >= 15 is 0 Å². The Morgan fingerprint density at radius 3 is 1.25 bits per heavy atom. The first-order valence-electron chi connectivity index (χ1n) is 32.0. The molecule has 13 N–H and O–H groups in total. The van der Waals surface area contributed by atoms with Gasteiger partial charge in [-0.15, -0.1) is 0 Å². The number of nitrogens with two attached hydrogens (primary N) is 3. The minimum atomic E-state index is -1.69. The molecule has 0 aliphatic carbocycles. The zero-order valence-electron chi connectivity index (χ0n) is 59.2. The number of hydrogen-bond donors (Lipinski definition) is 10. The number of non-ortho nitro benzene ring substituents is 1. The molecule has 4 heterocycles. The number of nitro groups is 4. The topological polar surface area (TPSA) is 473 Å². The highest BCUT2D eigenvalue weighted by Gasteiger charge is 2.24. The van der Waals surface area contributed by atoms with Gasteiger partial charge in [-0.3, -0.25) is 59.4 Å². The highest BCUT2D eigenvalue weighted by Crippen LogP contribution is 2.33. The molecule has 0 fully saturated rings.